The van der Waals surface area contributed by atoms with Gasteiger partial charge in [0.2, 0.25) is 0 Å². The van der Waals surface area contributed by atoms with E-state index in [2.05, 4.69) is 5.32 Å². The molecule has 1 saturated heterocycles. The first kappa shape index (κ1) is 13.2. The fraction of sp³-hybridized carbons (Fsp3) is 0.438. The van der Waals surface area contributed by atoms with Crippen LogP contribution in [0.4, 0.5) is 0 Å². The second-order valence-electron chi connectivity index (χ2n) is 5.55. The number of Topliss-reactive ketones (excluding diaryl/α,β-unsaturated/α-hetero) is 1. The van der Waals surface area contributed by atoms with E-state index in [1.165, 1.54) is 0 Å². The van der Waals surface area contributed by atoms with E-state index in [0.29, 0.717) is 6.42 Å². The van der Waals surface area contributed by atoms with E-state index in [1.807, 2.05) is 45.0 Å². The molecule has 106 valence electrons. The Balaban J connectivity index is 1.88. The summed E-state index contributed by atoms with van der Waals surface area (Å²) < 4.78 is 11.3. The molecule has 1 N–H and O–H groups in total. The van der Waals surface area contributed by atoms with Crippen molar-refractivity contribution in [2.75, 3.05) is 0 Å². The highest BCUT2D eigenvalue weighted by atomic mass is 16.3. The SMILES string of the molecule is Cc1ccc([C@H]2N[C@@H](c3ccc(C)o3)CC(=O)[C@@H]2C)o1. The Labute approximate surface area is 118 Å². The average molecular weight is 273 g/mol. The maximum atomic E-state index is 12.3. The van der Waals surface area contributed by atoms with Crippen molar-refractivity contribution in [1.82, 2.24) is 5.32 Å². The lowest BCUT2D eigenvalue weighted by Gasteiger charge is -2.32. The largest absolute Gasteiger partial charge is 0.465 e. The Bertz CT molecular complexity index is 625. The standard InChI is InChI=1S/C16H19NO3/c1-9-4-6-14(19-9)12-8-13(18)11(3)16(17-12)15-7-5-10(2)20-15/h4-7,11-12,16-17H,8H2,1-3H3/t11-,12+,16-/m0/s1. The van der Waals surface area contributed by atoms with Gasteiger partial charge in [0.1, 0.15) is 28.8 Å². The number of aryl methyl sites for hydroxylation is 2. The van der Waals surface area contributed by atoms with Crippen LogP contribution in [0.2, 0.25) is 0 Å². The molecule has 0 unspecified atom stereocenters. The van der Waals surface area contributed by atoms with E-state index in [9.17, 15) is 4.79 Å². The minimum Gasteiger partial charge on any atom is -0.465 e. The lowest BCUT2D eigenvalue weighted by atomic mass is 9.85. The van der Waals surface area contributed by atoms with Gasteiger partial charge in [-0.25, -0.2) is 0 Å². The minimum atomic E-state index is -0.0969. The third-order valence-electron chi connectivity index (χ3n) is 3.97. The molecule has 20 heavy (non-hydrogen) atoms. The van der Waals surface area contributed by atoms with E-state index >= 15 is 0 Å². The Morgan fingerprint density at radius 1 is 1.05 bits per heavy atom. The summed E-state index contributed by atoms with van der Waals surface area (Å²) in [5.41, 5.74) is 0. The maximum absolute atomic E-state index is 12.3. The smallest absolute Gasteiger partial charge is 0.139 e. The molecular formula is C16H19NO3. The van der Waals surface area contributed by atoms with Crippen molar-refractivity contribution in [3.63, 3.8) is 0 Å². The van der Waals surface area contributed by atoms with Crippen LogP contribution < -0.4 is 5.32 Å². The Hall–Kier alpha value is -1.81. The van der Waals surface area contributed by atoms with Crippen LogP contribution in [0.15, 0.2) is 33.1 Å². The van der Waals surface area contributed by atoms with Gasteiger partial charge in [0.05, 0.1) is 12.1 Å². The van der Waals surface area contributed by atoms with Crippen molar-refractivity contribution in [2.45, 2.75) is 39.3 Å². The summed E-state index contributed by atoms with van der Waals surface area (Å²) in [4.78, 5) is 12.3. The number of carbonyl (C=O) groups excluding carboxylic acids is 1. The van der Waals surface area contributed by atoms with E-state index in [1.54, 1.807) is 0 Å². The second-order valence-corrected chi connectivity index (χ2v) is 5.55. The van der Waals surface area contributed by atoms with E-state index in [-0.39, 0.29) is 23.8 Å². The van der Waals surface area contributed by atoms with Crippen LogP contribution in [0.5, 0.6) is 0 Å². The highest BCUT2D eigenvalue weighted by Gasteiger charge is 2.37. The highest BCUT2D eigenvalue weighted by molar-refractivity contribution is 5.83. The molecule has 1 fully saturated rings. The number of ketones is 1. The summed E-state index contributed by atoms with van der Waals surface area (Å²) in [7, 11) is 0. The second kappa shape index (κ2) is 4.94. The molecule has 0 spiro atoms. The molecule has 4 nitrogen and oxygen atoms in total. The van der Waals surface area contributed by atoms with Gasteiger partial charge in [0, 0.05) is 12.3 Å². The molecule has 3 atom stereocenters. The molecule has 0 aromatic carbocycles. The normalized spacial score (nSPS) is 26.9. The maximum Gasteiger partial charge on any atom is 0.139 e. The zero-order valence-electron chi connectivity index (χ0n) is 12.0. The number of carbonyl (C=O) groups is 1. The molecule has 0 saturated carbocycles. The van der Waals surface area contributed by atoms with Gasteiger partial charge in [-0.2, -0.15) is 0 Å². The number of furan rings is 2. The van der Waals surface area contributed by atoms with Gasteiger partial charge in [-0.05, 0) is 38.1 Å². The molecule has 0 aliphatic carbocycles. The lowest BCUT2D eigenvalue weighted by Crippen LogP contribution is -2.40. The van der Waals surface area contributed by atoms with Gasteiger partial charge in [-0.15, -0.1) is 0 Å². The molecule has 0 amide bonds. The van der Waals surface area contributed by atoms with Gasteiger partial charge in [-0.3, -0.25) is 10.1 Å². The average Bonchev–Trinajstić information content (AvgIpc) is 3.01. The fourth-order valence-electron chi connectivity index (χ4n) is 2.77. The summed E-state index contributed by atoms with van der Waals surface area (Å²) in [6.45, 7) is 5.76. The zero-order chi connectivity index (χ0) is 14.3. The van der Waals surface area contributed by atoms with Crippen molar-refractivity contribution in [3.05, 3.63) is 47.3 Å². The molecule has 1 aliphatic heterocycles. The number of piperidine rings is 1. The van der Waals surface area contributed by atoms with Gasteiger partial charge in [0.25, 0.3) is 0 Å². The van der Waals surface area contributed by atoms with Gasteiger partial charge in [0.15, 0.2) is 0 Å². The molecule has 3 heterocycles. The highest BCUT2D eigenvalue weighted by Crippen LogP contribution is 2.35. The third-order valence-corrected chi connectivity index (χ3v) is 3.97. The van der Waals surface area contributed by atoms with Crippen molar-refractivity contribution in [2.24, 2.45) is 5.92 Å². The molecule has 2 aromatic heterocycles. The van der Waals surface area contributed by atoms with Crippen LogP contribution in [-0.2, 0) is 4.79 Å². The van der Waals surface area contributed by atoms with Crippen LogP contribution in [0, 0.1) is 19.8 Å². The molecule has 2 aromatic rings. The Morgan fingerprint density at radius 2 is 1.65 bits per heavy atom. The summed E-state index contributed by atoms with van der Waals surface area (Å²) in [6.07, 6.45) is 0.463. The number of nitrogens with one attached hydrogen (secondary N) is 1. The monoisotopic (exact) mass is 273 g/mol. The predicted octanol–water partition coefficient (Wildman–Crippen LogP) is 3.47. The Morgan fingerprint density at radius 3 is 2.20 bits per heavy atom. The molecule has 3 rings (SSSR count). The fourth-order valence-corrected chi connectivity index (χ4v) is 2.77. The van der Waals surface area contributed by atoms with Crippen LogP contribution >= 0.6 is 0 Å². The quantitative estimate of drug-likeness (QED) is 0.910. The van der Waals surface area contributed by atoms with Gasteiger partial charge >= 0.3 is 0 Å². The molecule has 0 bridgehead atoms. The van der Waals surface area contributed by atoms with Gasteiger partial charge < -0.3 is 8.83 Å². The van der Waals surface area contributed by atoms with Crippen molar-refractivity contribution in [1.29, 1.82) is 0 Å². The van der Waals surface area contributed by atoms with Crippen molar-refractivity contribution in [3.8, 4) is 0 Å². The molecule has 0 radical (unpaired) electrons. The molecular weight excluding hydrogens is 254 g/mol. The summed E-state index contributed by atoms with van der Waals surface area (Å²) in [5.74, 6) is 3.50. The zero-order valence-corrected chi connectivity index (χ0v) is 12.0. The first-order valence-corrected chi connectivity index (χ1v) is 6.96. The Kier molecular flexibility index (Phi) is 3.26. The van der Waals surface area contributed by atoms with Crippen LogP contribution in [0.1, 0.15) is 48.5 Å². The van der Waals surface area contributed by atoms with Crippen molar-refractivity contribution >= 4 is 5.78 Å². The van der Waals surface area contributed by atoms with E-state index in [0.717, 1.165) is 23.0 Å². The van der Waals surface area contributed by atoms with Crippen molar-refractivity contribution < 1.29 is 13.6 Å². The summed E-state index contributed by atoms with van der Waals surface area (Å²) in [6, 6.07) is 7.54. The first-order valence-electron chi connectivity index (χ1n) is 6.96. The number of rotatable bonds is 2. The first-order chi connectivity index (χ1) is 9.54. The summed E-state index contributed by atoms with van der Waals surface area (Å²) >= 11 is 0. The van der Waals surface area contributed by atoms with Crippen LogP contribution in [0.25, 0.3) is 0 Å². The van der Waals surface area contributed by atoms with E-state index in [4.69, 9.17) is 8.83 Å². The third kappa shape index (κ3) is 2.31. The minimum absolute atomic E-state index is 0.0807. The lowest BCUT2D eigenvalue weighted by molar-refractivity contribution is -0.126. The molecule has 4 heteroatoms. The number of hydrogen-bond acceptors (Lipinski definition) is 4. The van der Waals surface area contributed by atoms with Crippen LogP contribution in [-0.4, -0.2) is 5.78 Å². The van der Waals surface area contributed by atoms with Crippen LogP contribution in [0.3, 0.4) is 0 Å². The van der Waals surface area contributed by atoms with Gasteiger partial charge in [-0.1, -0.05) is 6.92 Å². The topological polar surface area (TPSA) is 55.4 Å². The predicted molar refractivity (Wildman–Crippen MR) is 74.3 cm³/mol. The molecule has 1 aliphatic rings. The number of hydrogen-bond donors (Lipinski definition) is 1. The summed E-state index contributed by atoms with van der Waals surface area (Å²) in [5, 5.41) is 3.48. The van der Waals surface area contributed by atoms with E-state index < -0.39 is 0 Å².